The smallest absolute Gasteiger partial charge is 0.316 e. The molecule has 0 fully saturated rings. The predicted octanol–water partition coefficient (Wildman–Crippen LogP) is 3.37. The maximum absolute atomic E-state index is 11.0. The maximum Gasteiger partial charge on any atom is 0.316 e. The molecule has 1 heterocycles. The average Bonchev–Trinajstić information content (AvgIpc) is 2.77. The number of rotatable bonds is 5. The topological polar surface area (TPSA) is 46.5 Å². The zero-order valence-electron chi connectivity index (χ0n) is 10.1. The summed E-state index contributed by atoms with van der Waals surface area (Å²) in [5, 5.41) is 9.34. The second-order valence-corrected chi connectivity index (χ2v) is 5.83. The van der Waals surface area contributed by atoms with Crippen molar-refractivity contribution in [1.82, 2.24) is 0 Å². The molecule has 1 aromatic carbocycles. The highest BCUT2D eigenvalue weighted by molar-refractivity contribution is 7.99. The average molecular weight is 287 g/mol. The molecule has 0 amide bonds. The van der Waals surface area contributed by atoms with E-state index in [0.29, 0.717) is 23.8 Å². The SMILES string of the molecule is CCC(SCc1cc(Cl)cc2c1OCC2)C(=O)O. The summed E-state index contributed by atoms with van der Waals surface area (Å²) in [6.07, 6.45) is 1.49. The molecule has 0 saturated carbocycles. The number of fused-ring (bicyclic) bond motifs is 1. The van der Waals surface area contributed by atoms with Gasteiger partial charge in [-0.15, -0.1) is 11.8 Å². The Hall–Kier alpha value is -0.870. The van der Waals surface area contributed by atoms with Gasteiger partial charge in [-0.1, -0.05) is 18.5 Å². The van der Waals surface area contributed by atoms with Crippen molar-refractivity contribution >= 4 is 29.3 Å². The number of halogens is 1. The van der Waals surface area contributed by atoms with E-state index in [1.54, 1.807) is 0 Å². The Morgan fingerprint density at radius 1 is 1.61 bits per heavy atom. The van der Waals surface area contributed by atoms with Gasteiger partial charge in [0.1, 0.15) is 11.0 Å². The third-order valence-electron chi connectivity index (χ3n) is 2.91. The van der Waals surface area contributed by atoms with Crippen LogP contribution in [0.5, 0.6) is 5.75 Å². The molecule has 1 aromatic rings. The zero-order chi connectivity index (χ0) is 13.1. The number of hydrogen-bond acceptors (Lipinski definition) is 3. The van der Waals surface area contributed by atoms with Crippen LogP contribution in [0, 0.1) is 0 Å². The molecule has 1 aliphatic rings. The minimum Gasteiger partial charge on any atom is -0.493 e. The Morgan fingerprint density at radius 3 is 3.06 bits per heavy atom. The van der Waals surface area contributed by atoms with Crippen LogP contribution < -0.4 is 4.74 Å². The number of carboxylic acids is 1. The van der Waals surface area contributed by atoms with Gasteiger partial charge in [0.15, 0.2) is 0 Å². The molecule has 98 valence electrons. The van der Waals surface area contributed by atoms with Crippen LogP contribution in [-0.4, -0.2) is 22.9 Å². The maximum atomic E-state index is 11.0. The van der Waals surface area contributed by atoms with Crippen molar-refractivity contribution < 1.29 is 14.6 Å². The van der Waals surface area contributed by atoms with Crippen LogP contribution in [-0.2, 0) is 17.0 Å². The summed E-state index contributed by atoms with van der Waals surface area (Å²) in [4.78, 5) is 11.0. The third-order valence-corrected chi connectivity index (χ3v) is 4.54. The summed E-state index contributed by atoms with van der Waals surface area (Å²) in [6, 6.07) is 3.79. The van der Waals surface area contributed by atoms with Gasteiger partial charge in [-0.2, -0.15) is 0 Å². The van der Waals surface area contributed by atoms with Gasteiger partial charge >= 0.3 is 5.97 Å². The lowest BCUT2D eigenvalue weighted by atomic mass is 10.1. The Bertz CT molecular complexity index is 462. The van der Waals surface area contributed by atoms with Crippen LogP contribution in [0.4, 0.5) is 0 Å². The molecule has 0 saturated heterocycles. The monoisotopic (exact) mass is 286 g/mol. The molecule has 3 nitrogen and oxygen atoms in total. The van der Waals surface area contributed by atoms with E-state index in [1.165, 1.54) is 11.8 Å². The molecule has 2 rings (SSSR count). The highest BCUT2D eigenvalue weighted by Crippen LogP contribution is 2.35. The van der Waals surface area contributed by atoms with Crippen LogP contribution in [0.25, 0.3) is 0 Å². The molecule has 0 aromatic heterocycles. The molecular weight excluding hydrogens is 272 g/mol. The van der Waals surface area contributed by atoms with E-state index in [1.807, 2.05) is 19.1 Å². The minimum absolute atomic E-state index is 0.374. The third kappa shape index (κ3) is 2.93. The first-order chi connectivity index (χ1) is 8.61. The van der Waals surface area contributed by atoms with Crippen LogP contribution in [0.15, 0.2) is 12.1 Å². The molecule has 1 atom stereocenters. The largest absolute Gasteiger partial charge is 0.493 e. The molecule has 0 radical (unpaired) electrons. The molecule has 1 aliphatic heterocycles. The highest BCUT2D eigenvalue weighted by Gasteiger charge is 2.20. The van der Waals surface area contributed by atoms with Crippen molar-refractivity contribution in [3.05, 3.63) is 28.3 Å². The number of aliphatic carboxylic acids is 1. The Morgan fingerprint density at radius 2 is 2.39 bits per heavy atom. The molecule has 0 aliphatic carbocycles. The van der Waals surface area contributed by atoms with E-state index in [2.05, 4.69) is 0 Å². The van der Waals surface area contributed by atoms with Crippen LogP contribution in [0.3, 0.4) is 0 Å². The van der Waals surface area contributed by atoms with E-state index < -0.39 is 5.97 Å². The summed E-state index contributed by atoms with van der Waals surface area (Å²) in [6.45, 7) is 2.56. The summed E-state index contributed by atoms with van der Waals surface area (Å²) in [7, 11) is 0. The van der Waals surface area contributed by atoms with Gasteiger partial charge in [-0.3, -0.25) is 4.79 Å². The molecule has 0 spiro atoms. The number of hydrogen-bond donors (Lipinski definition) is 1. The minimum atomic E-state index is -0.762. The number of carboxylic acid groups (broad SMARTS) is 1. The quantitative estimate of drug-likeness (QED) is 0.901. The van der Waals surface area contributed by atoms with Crippen LogP contribution in [0.1, 0.15) is 24.5 Å². The van der Waals surface area contributed by atoms with E-state index in [4.69, 9.17) is 21.4 Å². The highest BCUT2D eigenvalue weighted by atomic mass is 35.5. The second kappa shape index (κ2) is 5.85. The Balaban J connectivity index is 2.12. The van der Waals surface area contributed by atoms with E-state index in [-0.39, 0.29) is 5.25 Å². The van der Waals surface area contributed by atoms with Gasteiger partial charge in [-0.05, 0) is 24.1 Å². The van der Waals surface area contributed by atoms with Crippen molar-refractivity contribution in [2.24, 2.45) is 0 Å². The summed E-state index contributed by atoms with van der Waals surface area (Å²) in [5.74, 6) is 0.752. The Kier molecular flexibility index (Phi) is 4.40. The van der Waals surface area contributed by atoms with Gasteiger partial charge in [0.25, 0.3) is 0 Å². The normalized spacial score (nSPS) is 15.0. The first-order valence-corrected chi connectivity index (χ1v) is 7.33. The van der Waals surface area contributed by atoms with Crippen molar-refractivity contribution in [3.8, 4) is 5.75 Å². The fraction of sp³-hybridized carbons (Fsp3) is 0.462. The molecule has 18 heavy (non-hydrogen) atoms. The van der Waals surface area contributed by atoms with Crippen molar-refractivity contribution in [2.45, 2.75) is 30.8 Å². The van der Waals surface area contributed by atoms with E-state index in [0.717, 1.165) is 23.3 Å². The van der Waals surface area contributed by atoms with Gasteiger partial charge in [0, 0.05) is 22.8 Å². The van der Waals surface area contributed by atoms with Gasteiger partial charge in [0.05, 0.1) is 6.61 Å². The summed E-state index contributed by atoms with van der Waals surface area (Å²) < 4.78 is 5.59. The number of carbonyl (C=O) groups is 1. The lowest BCUT2D eigenvalue weighted by molar-refractivity contribution is -0.136. The number of benzene rings is 1. The first kappa shape index (κ1) is 13.6. The second-order valence-electron chi connectivity index (χ2n) is 4.20. The van der Waals surface area contributed by atoms with Crippen molar-refractivity contribution in [3.63, 3.8) is 0 Å². The summed E-state index contributed by atoms with van der Waals surface area (Å²) in [5.41, 5.74) is 2.13. The predicted molar refractivity (Wildman–Crippen MR) is 73.7 cm³/mol. The molecule has 1 N–H and O–H groups in total. The first-order valence-electron chi connectivity index (χ1n) is 5.90. The molecule has 5 heteroatoms. The van der Waals surface area contributed by atoms with E-state index >= 15 is 0 Å². The number of thioether (sulfide) groups is 1. The Labute approximate surface area is 115 Å². The van der Waals surface area contributed by atoms with Gasteiger partial charge in [-0.25, -0.2) is 0 Å². The van der Waals surface area contributed by atoms with Crippen LogP contribution >= 0.6 is 23.4 Å². The fourth-order valence-electron chi connectivity index (χ4n) is 2.01. The van der Waals surface area contributed by atoms with Gasteiger partial charge < -0.3 is 9.84 Å². The zero-order valence-corrected chi connectivity index (χ0v) is 11.7. The lowest BCUT2D eigenvalue weighted by Gasteiger charge is -2.12. The lowest BCUT2D eigenvalue weighted by Crippen LogP contribution is -2.15. The van der Waals surface area contributed by atoms with Crippen molar-refractivity contribution in [1.29, 1.82) is 0 Å². The van der Waals surface area contributed by atoms with E-state index in [9.17, 15) is 4.79 Å². The molecule has 1 unspecified atom stereocenters. The summed E-state index contributed by atoms with van der Waals surface area (Å²) >= 11 is 7.48. The van der Waals surface area contributed by atoms with Crippen LogP contribution in [0.2, 0.25) is 5.02 Å². The van der Waals surface area contributed by atoms with Gasteiger partial charge in [0.2, 0.25) is 0 Å². The van der Waals surface area contributed by atoms with Crippen molar-refractivity contribution in [2.75, 3.05) is 6.61 Å². The molecular formula is C13H15ClO3S. The standard InChI is InChI=1S/C13H15ClO3S/c1-2-11(13(15)16)18-7-9-6-10(14)5-8-3-4-17-12(8)9/h5-6,11H,2-4,7H2,1H3,(H,15,16). The number of ether oxygens (including phenoxy) is 1. The molecule has 0 bridgehead atoms. The fourth-order valence-corrected chi connectivity index (χ4v) is 3.24.